The first-order chi connectivity index (χ1) is 8.58. The fourth-order valence-electron chi connectivity index (χ4n) is 1.50. The average molecular weight is 285 g/mol. The summed E-state index contributed by atoms with van der Waals surface area (Å²) in [6.07, 6.45) is 2.05. The molecule has 0 aromatic carbocycles. The molecule has 0 fully saturated rings. The Kier molecular flexibility index (Phi) is 3.65. The van der Waals surface area contributed by atoms with Crippen LogP contribution in [0.1, 0.15) is 16.6 Å². The van der Waals surface area contributed by atoms with Gasteiger partial charge >= 0.3 is 0 Å². The first-order valence-corrected chi connectivity index (χ1v) is 7.51. The molecule has 0 aliphatic heterocycles. The molecular weight excluding hydrogens is 274 g/mol. The standard InChI is InChI=1S/C11H11NO4S2/c1-2-12-18(14,15)11-9(5-6-16-11)10-4-3-8(7-13)17-10/h3-7,12H,2H2,1H3. The molecule has 5 nitrogen and oxygen atoms in total. The van der Waals surface area contributed by atoms with E-state index in [0.717, 1.165) is 6.29 Å². The third-order valence-electron chi connectivity index (χ3n) is 2.22. The molecule has 2 rings (SSSR count). The summed E-state index contributed by atoms with van der Waals surface area (Å²) in [7, 11) is -3.64. The topological polar surface area (TPSA) is 76.4 Å². The zero-order valence-electron chi connectivity index (χ0n) is 9.54. The van der Waals surface area contributed by atoms with E-state index in [0.29, 0.717) is 15.3 Å². The van der Waals surface area contributed by atoms with Crippen molar-refractivity contribution < 1.29 is 17.6 Å². The second-order valence-electron chi connectivity index (χ2n) is 3.44. The number of nitrogens with one attached hydrogen (secondary N) is 1. The smallest absolute Gasteiger partial charge is 0.274 e. The van der Waals surface area contributed by atoms with Crippen LogP contribution < -0.4 is 4.72 Å². The van der Waals surface area contributed by atoms with E-state index >= 15 is 0 Å². The SMILES string of the molecule is CCNS(=O)(=O)c1occc1-c1ccc(C=O)s1. The van der Waals surface area contributed by atoms with Crippen LogP contribution in [0.3, 0.4) is 0 Å². The van der Waals surface area contributed by atoms with Gasteiger partial charge in [-0.15, -0.1) is 11.3 Å². The summed E-state index contributed by atoms with van der Waals surface area (Å²) >= 11 is 1.22. The predicted octanol–water partition coefficient (Wildman–Crippen LogP) is 2.12. The van der Waals surface area contributed by atoms with E-state index in [-0.39, 0.29) is 11.6 Å². The van der Waals surface area contributed by atoms with Gasteiger partial charge in [0.15, 0.2) is 6.29 Å². The lowest BCUT2D eigenvalue weighted by Gasteiger charge is -2.02. The zero-order valence-corrected chi connectivity index (χ0v) is 11.2. The number of furan rings is 1. The van der Waals surface area contributed by atoms with Gasteiger partial charge in [-0.05, 0) is 18.2 Å². The largest absolute Gasteiger partial charge is 0.451 e. The van der Waals surface area contributed by atoms with Gasteiger partial charge in [-0.2, -0.15) is 0 Å². The third-order valence-corrected chi connectivity index (χ3v) is 4.73. The Labute approximate surface area is 108 Å². The summed E-state index contributed by atoms with van der Waals surface area (Å²) < 4.78 is 31.2. The Morgan fingerprint density at radius 1 is 1.39 bits per heavy atom. The summed E-state index contributed by atoms with van der Waals surface area (Å²) in [6, 6.07) is 4.92. The summed E-state index contributed by atoms with van der Waals surface area (Å²) in [5.74, 6) is 0. The minimum Gasteiger partial charge on any atom is -0.451 e. The Bertz CT molecular complexity index is 654. The maximum Gasteiger partial charge on any atom is 0.274 e. The van der Waals surface area contributed by atoms with Crippen molar-refractivity contribution >= 4 is 27.6 Å². The zero-order chi connectivity index (χ0) is 13.2. The Balaban J connectivity index is 2.48. The van der Waals surface area contributed by atoms with Crippen molar-refractivity contribution in [1.82, 2.24) is 4.72 Å². The van der Waals surface area contributed by atoms with Crippen molar-refractivity contribution in [3.05, 3.63) is 29.3 Å². The molecule has 0 aliphatic carbocycles. The van der Waals surface area contributed by atoms with E-state index in [1.807, 2.05) is 0 Å². The van der Waals surface area contributed by atoms with Crippen LogP contribution in [0.2, 0.25) is 0 Å². The van der Waals surface area contributed by atoms with E-state index in [9.17, 15) is 13.2 Å². The molecule has 0 saturated carbocycles. The van der Waals surface area contributed by atoms with Crippen LogP contribution in [0.5, 0.6) is 0 Å². The monoisotopic (exact) mass is 285 g/mol. The summed E-state index contributed by atoms with van der Waals surface area (Å²) in [5, 5.41) is -0.122. The molecule has 0 atom stereocenters. The molecule has 0 aliphatic rings. The van der Waals surface area contributed by atoms with Gasteiger partial charge in [0.25, 0.3) is 10.0 Å². The Morgan fingerprint density at radius 3 is 2.78 bits per heavy atom. The van der Waals surface area contributed by atoms with Crippen LogP contribution in [-0.2, 0) is 10.0 Å². The lowest BCUT2D eigenvalue weighted by molar-refractivity contribution is 0.112. The minimum atomic E-state index is -3.64. The molecule has 1 N–H and O–H groups in total. The second kappa shape index (κ2) is 5.05. The summed E-state index contributed by atoms with van der Waals surface area (Å²) in [4.78, 5) is 11.9. The predicted molar refractivity (Wildman–Crippen MR) is 68.3 cm³/mol. The highest BCUT2D eigenvalue weighted by atomic mass is 32.2. The number of carbonyl (C=O) groups is 1. The Morgan fingerprint density at radius 2 is 2.17 bits per heavy atom. The quantitative estimate of drug-likeness (QED) is 0.854. The summed E-state index contributed by atoms with van der Waals surface area (Å²) in [6.45, 7) is 1.97. The van der Waals surface area contributed by atoms with Gasteiger partial charge in [0.2, 0.25) is 5.09 Å². The van der Waals surface area contributed by atoms with E-state index in [1.54, 1.807) is 25.1 Å². The van der Waals surface area contributed by atoms with Crippen molar-refractivity contribution in [2.24, 2.45) is 0 Å². The van der Waals surface area contributed by atoms with E-state index in [2.05, 4.69) is 4.72 Å². The number of aldehydes is 1. The highest BCUT2D eigenvalue weighted by Crippen LogP contribution is 2.33. The maximum atomic E-state index is 11.9. The van der Waals surface area contributed by atoms with Gasteiger partial charge in [-0.3, -0.25) is 4.79 Å². The normalized spacial score (nSPS) is 11.6. The van der Waals surface area contributed by atoms with Crippen molar-refractivity contribution in [1.29, 1.82) is 0 Å². The molecule has 0 bridgehead atoms. The number of sulfonamides is 1. The number of thiophene rings is 1. The lowest BCUT2D eigenvalue weighted by Crippen LogP contribution is -2.23. The van der Waals surface area contributed by atoms with Gasteiger partial charge in [-0.25, -0.2) is 13.1 Å². The first-order valence-electron chi connectivity index (χ1n) is 5.21. The van der Waals surface area contributed by atoms with Crippen LogP contribution >= 0.6 is 11.3 Å². The molecule has 0 amide bonds. The van der Waals surface area contributed by atoms with Gasteiger partial charge < -0.3 is 4.42 Å². The van der Waals surface area contributed by atoms with E-state index in [4.69, 9.17) is 4.42 Å². The molecule has 0 radical (unpaired) electrons. The molecule has 0 unspecified atom stereocenters. The van der Waals surface area contributed by atoms with Gasteiger partial charge in [0.05, 0.1) is 16.7 Å². The van der Waals surface area contributed by atoms with Crippen LogP contribution in [0, 0.1) is 0 Å². The van der Waals surface area contributed by atoms with Crippen LogP contribution in [0.4, 0.5) is 0 Å². The van der Waals surface area contributed by atoms with E-state index < -0.39 is 10.0 Å². The maximum absolute atomic E-state index is 11.9. The lowest BCUT2D eigenvalue weighted by atomic mass is 10.3. The number of hydrogen-bond acceptors (Lipinski definition) is 5. The fourth-order valence-corrected chi connectivity index (χ4v) is 3.57. The molecule has 2 aromatic rings. The molecule has 7 heteroatoms. The molecule has 2 aromatic heterocycles. The number of carbonyl (C=O) groups excluding carboxylic acids is 1. The van der Waals surface area contributed by atoms with Crippen molar-refractivity contribution in [3.8, 4) is 10.4 Å². The molecule has 0 saturated heterocycles. The van der Waals surface area contributed by atoms with Gasteiger partial charge in [0, 0.05) is 11.4 Å². The Hall–Kier alpha value is -1.44. The highest BCUT2D eigenvalue weighted by Gasteiger charge is 2.23. The first kappa shape index (κ1) is 13.0. The average Bonchev–Trinajstić information content (AvgIpc) is 2.97. The van der Waals surface area contributed by atoms with Gasteiger partial charge in [-0.1, -0.05) is 6.92 Å². The minimum absolute atomic E-state index is 0.122. The van der Waals surface area contributed by atoms with Crippen molar-refractivity contribution in [3.63, 3.8) is 0 Å². The number of hydrogen-bond donors (Lipinski definition) is 1. The van der Waals surface area contributed by atoms with Gasteiger partial charge in [0.1, 0.15) is 0 Å². The molecule has 96 valence electrons. The molecular formula is C11H11NO4S2. The summed E-state index contributed by atoms with van der Waals surface area (Å²) in [5.41, 5.74) is 0.467. The highest BCUT2D eigenvalue weighted by molar-refractivity contribution is 7.89. The van der Waals surface area contributed by atoms with Crippen molar-refractivity contribution in [2.75, 3.05) is 6.54 Å². The number of rotatable bonds is 5. The fraction of sp³-hybridized carbons (Fsp3) is 0.182. The third kappa shape index (κ3) is 2.38. The van der Waals surface area contributed by atoms with E-state index in [1.165, 1.54) is 17.6 Å². The second-order valence-corrected chi connectivity index (χ2v) is 6.22. The molecule has 2 heterocycles. The molecule has 18 heavy (non-hydrogen) atoms. The van der Waals surface area contributed by atoms with Crippen molar-refractivity contribution in [2.45, 2.75) is 12.0 Å². The van der Waals surface area contributed by atoms with Crippen LogP contribution in [0.15, 0.2) is 34.0 Å². The molecule has 0 spiro atoms. The van der Waals surface area contributed by atoms with Crippen LogP contribution in [-0.4, -0.2) is 21.2 Å². The van der Waals surface area contributed by atoms with Crippen LogP contribution in [0.25, 0.3) is 10.4 Å².